The highest BCUT2D eigenvalue weighted by molar-refractivity contribution is 5.23. The highest BCUT2D eigenvalue weighted by Gasteiger charge is 2.75. The highest BCUT2D eigenvalue weighted by Crippen LogP contribution is 2.73. The number of hydrogen-bond donors (Lipinski definition) is 0. The third kappa shape index (κ3) is 1.55. The van der Waals surface area contributed by atoms with Crippen molar-refractivity contribution in [2.24, 2.45) is 28.6 Å². The average molecular weight is 304 g/mol. The molecule has 124 valence electrons. The molecular formula is C20H32O2. The Kier molecular flexibility index (Phi) is 2.79. The number of rotatable bonds is 1. The monoisotopic (exact) mass is 304 g/mol. The molecule has 0 N–H and O–H groups in total. The van der Waals surface area contributed by atoms with Gasteiger partial charge in [-0.05, 0) is 68.1 Å². The van der Waals surface area contributed by atoms with Crippen molar-refractivity contribution in [3.05, 3.63) is 0 Å². The van der Waals surface area contributed by atoms with Crippen LogP contribution in [0.5, 0.6) is 0 Å². The van der Waals surface area contributed by atoms with Crippen LogP contribution >= 0.6 is 0 Å². The summed E-state index contributed by atoms with van der Waals surface area (Å²) in [6, 6.07) is 0. The van der Waals surface area contributed by atoms with Crippen LogP contribution in [0, 0.1) is 28.6 Å². The van der Waals surface area contributed by atoms with Gasteiger partial charge in [-0.3, -0.25) is 0 Å². The Hall–Kier alpha value is -0.0800. The van der Waals surface area contributed by atoms with Crippen molar-refractivity contribution in [1.29, 1.82) is 0 Å². The van der Waals surface area contributed by atoms with Crippen LogP contribution in [-0.2, 0) is 9.47 Å². The summed E-state index contributed by atoms with van der Waals surface area (Å²) < 4.78 is 12.2. The molecular weight excluding hydrogens is 272 g/mol. The molecule has 0 unspecified atom stereocenters. The van der Waals surface area contributed by atoms with Crippen molar-refractivity contribution in [3.8, 4) is 0 Å². The summed E-state index contributed by atoms with van der Waals surface area (Å²) in [5, 5.41) is 0. The number of epoxide rings is 1. The van der Waals surface area contributed by atoms with Crippen molar-refractivity contribution >= 4 is 0 Å². The maximum atomic E-state index is 6.50. The normalized spacial score (nSPS) is 62.6. The Bertz CT molecular complexity index is 490. The topological polar surface area (TPSA) is 21.8 Å². The molecule has 1 spiro atoms. The van der Waals surface area contributed by atoms with E-state index in [1.807, 2.05) is 7.11 Å². The molecule has 22 heavy (non-hydrogen) atoms. The van der Waals surface area contributed by atoms with E-state index in [9.17, 15) is 0 Å². The predicted molar refractivity (Wildman–Crippen MR) is 86.6 cm³/mol. The lowest BCUT2D eigenvalue weighted by atomic mass is 9.45. The van der Waals surface area contributed by atoms with Gasteiger partial charge in [-0.1, -0.05) is 20.3 Å². The van der Waals surface area contributed by atoms with Crippen LogP contribution in [0.4, 0.5) is 0 Å². The molecule has 4 aliphatic carbocycles. The van der Waals surface area contributed by atoms with E-state index in [2.05, 4.69) is 13.8 Å². The molecule has 5 aliphatic rings. The Balaban J connectivity index is 1.49. The van der Waals surface area contributed by atoms with Gasteiger partial charge < -0.3 is 9.47 Å². The van der Waals surface area contributed by atoms with Crippen LogP contribution in [0.15, 0.2) is 0 Å². The fraction of sp³-hybridized carbons (Fsp3) is 1.00. The second-order valence-corrected chi connectivity index (χ2v) is 9.71. The molecule has 2 heteroatoms. The minimum Gasteiger partial charge on any atom is -0.381 e. The first kappa shape index (κ1) is 14.3. The molecule has 0 radical (unpaired) electrons. The summed E-state index contributed by atoms with van der Waals surface area (Å²) >= 11 is 0. The number of ether oxygens (including phenoxy) is 2. The fourth-order valence-corrected chi connectivity index (χ4v) is 7.83. The molecule has 0 bridgehead atoms. The summed E-state index contributed by atoms with van der Waals surface area (Å²) in [7, 11) is 1.89. The molecule has 4 saturated carbocycles. The summed E-state index contributed by atoms with van der Waals surface area (Å²) in [6.45, 7) is 5.19. The molecule has 8 atom stereocenters. The quantitative estimate of drug-likeness (QED) is 0.662. The minimum atomic E-state index is 0.194. The van der Waals surface area contributed by atoms with Crippen LogP contribution in [0.3, 0.4) is 0 Å². The second kappa shape index (κ2) is 4.30. The van der Waals surface area contributed by atoms with Crippen LogP contribution in [-0.4, -0.2) is 24.9 Å². The van der Waals surface area contributed by atoms with E-state index in [0.717, 1.165) is 24.2 Å². The van der Waals surface area contributed by atoms with E-state index in [1.54, 1.807) is 0 Å². The third-order valence-corrected chi connectivity index (χ3v) is 9.15. The van der Waals surface area contributed by atoms with Crippen molar-refractivity contribution < 1.29 is 9.47 Å². The van der Waals surface area contributed by atoms with Gasteiger partial charge in [-0.25, -0.2) is 0 Å². The summed E-state index contributed by atoms with van der Waals surface area (Å²) in [4.78, 5) is 0. The molecule has 2 nitrogen and oxygen atoms in total. The zero-order valence-corrected chi connectivity index (χ0v) is 14.6. The van der Waals surface area contributed by atoms with Crippen LogP contribution < -0.4 is 0 Å². The van der Waals surface area contributed by atoms with E-state index in [0.29, 0.717) is 23.0 Å². The zero-order chi connectivity index (χ0) is 15.2. The molecule has 1 heterocycles. The Morgan fingerprint density at radius 2 is 1.86 bits per heavy atom. The lowest BCUT2D eigenvalue weighted by Gasteiger charge is -2.58. The standard InChI is InChI=1S/C20H32O2/c1-18-8-4-5-15(18)14-11-17-20(22-17)12-13(21-3)6-10-19(20,2)16(14)7-9-18/h13-17H,4-12H2,1-3H3/t13-,14-,15-,16-,17+,18+,19-,20+/m1/s1. The number of hydrogen-bond acceptors (Lipinski definition) is 2. The summed E-state index contributed by atoms with van der Waals surface area (Å²) in [5.74, 6) is 2.86. The molecule has 1 saturated heterocycles. The van der Waals surface area contributed by atoms with Crippen molar-refractivity contribution in [1.82, 2.24) is 0 Å². The maximum Gasteiger partial charge on any atom is 0.103 e. The molecule has 5 fully saturated rings. The van der Waals surface area contributed by atoms with E-state index < -0.39 is 0 Å². The van der Waals surface area contributed by atoms with Crippen LogP contribution in [0.2, 0.25) is 0 Å². The first-order chi connectivity index (χ1) is 10.5. The van der Waals surface area contributed by atoms with Gasteiger partial charge >= 0.3 is 0 Å². The molecule has 0 aromatic carbocycles. The van der Waals surface area contributed by atoms with Crippen LogP contribution in [0.1, 0.15) is 71.6 Å². The zero-order valence-electron chi connectivity index (χ0n) is 14.6. The van der Waals surface area contributed by atoms with Crippen molar-refractivity contribution in [3.63, 3.8) is 0 Å². The number of methoxy groups -OCH3 is 1. The molecule has 1 aliphatic heterocycles. The fourth-order valence-electron chi connectivity index (χ4n) is 7.83. The van der Waals surface area contributed by atoms with Gasteiger partial charge in [0, 0.05) is 18.9 Å². The lowest BCUT2D eigenvalue weighted by Crippen LogP contribution is -2.58. The SMILES string of the molecule is CO[C@@H]1CC[C@]2(C)[C@@H]3CC[C@]4(C)CCC[C@@H]4[C@H]3C[C@@H]3O[C@@]32C1. The van der Waals surface area contributed by atoms with E-state index in [4.69, 9.17) is 9.47 Å². The Labute approximate surface area is 135 Å². The van der Waals surface area contributed by atoms with E-state index >= 15 is 0 Å². The molecule has 0 aromatic rings. The minimum absolute atomic E-state index is 0.194. The molecule has 0 aromatic heterocycles. The summed E-state index contributed by atoms with van der Waals surface area (Å²) in [6.07, 6.45) is 13.5. The van der Waals surface area contributed by atoms with E-state index in [1.165, 1.54) is 51.4 Å². The first-order valence-electron chi connectivity index (χ1n) is 9.73. The van der Waals surface area contributed by atoms with Gasteiger partial charge in [-0.2, -0.15) is 0 Å². The van der Waals surface area contributed by atoms with Gasteiger partial charge in [0.05, 0.1) is 12.2 Å². The van der Waals surface area contributed by atoms with Crippen molar-refractivity contribution in [2.75, 3.05) is 7.11 Å². The van der Waals surface area contributed by atoms with Gasteiger partial charge in [0.25, 0.3) is 0 Å². The lowest BCUT2D eigenvalue weighted by molar-refractivity contribution is -0.113. The van der Waals surface area contributed by atoms with Gasteiger partial charge in [0.15, 0.2) is 0 Å². The largest absolute Gasteiger partial charge is 0.381 e. The van der Waals surface area contributed by atoms with Gasteiger partial charge in [0.2, 0.25) is 0 Å². The maximum absolute atomic E-state index is 6.50. The predicted octanol–water partition coefficient (Wildman–Crippen LogP) is 4.57. The molecule has 0 amide bonds. The highest BCUT2D eigenvalue weighted by atomic mass is 16.6. The average Bonchev–Trinajstić information content (AvgIpc) is 3.05. The Morgan fingerprint density at radius 3 is 2.68 bits per heavy atom. The van der Waals surface area contributed by atoms with Crippen LogP contribution in [0.25, 0.3) is 0 Å². The van der Waals surface area contributed by atoms with Gasteiger partial charge in [0.1, 0.15) is 5.60 Å². The van der Waals surface area contributed by atoms with Crippen molar-refractivity contribution in [2.45, 2.75) is 89.4 Å². The molecule has 5 rings (SSSR count). The smallest absolute Gasteiger partial charge is 0.103 e. The van der Waals surface area contributed by atoms with E-state index in [-0.39, 0.29) is 5.60 Å². The number of fused-ring (bicyclic) bond motifs is 4. The summed E-state index contributed by atoms with van der Waals surface area (Å²) in [5.41, 5.74) is 1.29. The third-order valence-electron chi connectivity index (χ3n) is 9.15. The van der Waals surface area contributed by atoms with Gasteiger partial charge in [-0.15, -0.1) is 0 Å². The second-order valence-electron chi connectivity index (χ2n) is 9.71. The first-order valence-corrected chi connectivity index (χ1v) is 9.73. The Morgan fingerprint density at radius 1 is 1.00 bits per heavy atom.